The third-order valence-corrected chi connectivity index (χ3v) is 3.28. The van der Waals surface area contributed by atoms with Crippen LogP contribution < -0.4 is 4.74 Å². The second-order valence-corrected chi connectivity index (χ2v) is 4.90. The first kappa shape index (κ1) is 14.7. The van der Waals surface area contributed by atoms with Crippen LogP contribution in [0.25, 0.3) is 0 Å². The SMILES string of the molecule is CCCOC1C(=O)CC1Oc1cc([N+](=O)[O-])ccc1Cl. The quantitative estimate of drug-likeness (QED) is 0.596. The topological polar surface area (TPSA) is 78.7 Å². The Bertz CT molecular complexity index is 533. The molecule has 1 aliphatic carbocycles. The van der Waals surface area contributed by atoms with E-state index in [1.807, 2.05) is 6.92 Å². The highest BCUT2D eigenvalue weighted by atomic mass is 35.5. The molecule has 2 rings (SSSR count). The Hall–Kier alpha value is -1.66. The van der Waals surface area contributed by atoms with Crippen molar-refractivity contribution in [1.82, 2.24) is 0 Å². The zero-order valence-electron chi connectivity index (χ0n) is 10.9. The number of carbonyl (C=O) groups excluding carboxylic acids is 1. The molecular formula is C13H14ClNO5. The predicted octanol–water partition coefficient (Wildman–Crippen LogP) is 2.76. The summed E-state index contributed by atoms with van der Waals surface area (Å²) in [6, 6.07) is 3.95. The van der Waals surface area contributed by atoms with Gasteiger partial charge in [-0.05, 0) is 12.5 Å². The Morgan fingerprint density at radius 2 is 2.25 bits per heavy atom. The zero-order chi connectivity index (χ0) is 14.7. The monoisotopic (exact) mass is 299 g/mol. The van der Waals surface area contributed by atoms with Crippen LogP contribution in [0.5, 0.6) is 5.75 Å². The molecule has 7 heteroatoms. The van der Waals surface area contributed by atoms with Gasteiger partial charge in [0.15, 0.2) is 11.9 Å². The summed E-state index contributed by atoms with van der Waals surface area (Å²) < 4.78 is 11.0. The van der Waals surface area contributed by atoms with Crippen LogP contribution in [0.15, 0.2) is 18.2 Å². The van der Waals surface area contributed by atoms with Gasteiger partial charge in [-0.15, -0.1) is 0 Å². The molecule has 108 valence electrons. The Morgan fingerprint density at radius 3 is 2.85 bits per heavy atom. The van der Waals surface area contributed by atoms with Crippen LogP contribution in [-0.4, -0.2) is 29.5 Å². The largest absolute Gasteiger partial charge is 0.485 e. The first-order valence-electron chi connectivity index (χ1n) is 6.28. The third-order valence-electron chi connectivity index (χ3n) is 2.96. The van der Waals surface area contributed by atoms with Crippen molar-refractivity contribution in [2.75, 3.05) is 6.61 Å². The van der Waals surface area contributed by atoms with Gasteiger partial charge >= 0.3 is 0 Å². The van der Waals surface area contributed by atoms with Crippen molar-refractivity contribution >= 4 is 23.1 Å². The Balaban J connectivity index is 2.08. The number of hydrogen-bond acceptors (Lipinski definition) is 5. The molecule has 1 aromatic rings. The summed E-state index contributed by atoms with van der Waals surface area (Å²) in [5.41, 5.74) is -0.110. The minimum atomic E-state index is -0.606. The van der Waals surface area contributed by atoms with Crippen molar-refractivity contribution in [2.45, 2.75) is 32.0 Å². The molecule has 0 bridgehead atoms. The van der Waals surface area contributed by atoms with Gasteiger partial charge in [0.25, 0.3) is 5.69 Å². The minimum absolute atomic E-state index is 0.0231. The molecule has 1 saturated carbocycles. The first-order valence-corrected chi connectivity index (χ1v) is 6.65. The number of halogens is 1. The molecule has 0 radical (unpaired) electrons. The van der Waals surface area contributed by atoms with Crippen molar-refractivity contribution < 1.29 is 19.2 Å². The second kappa shape index (κ2) is 6.19. The highest BCUT2D eigenvalue weighted by molar-refractivity contribution is 6.32. The number of ketones is 1. The summed E-state index contributed by atoms with van der Waals surface area (Å²) >= 11 is 5.94. The molecular weight excluding hydrogens is 286 g/mol. The summed E-state index contributed by atoms with van der Waals surface area (Å²) in [7, 11) is 0. The highest BCUT2D eigenvalue weighted by Crippen LogP contribution is 2.33. The molecule has 0 amide bonds. The summed E-state index contributed by atoms with van der Waals surface area (Å²) in [5, 5.41) is 11.0. The number of nitro benzene ring substituents is 1. The number of Topliss-reactive ketones (excluding diaryl/α,β-unsaturated/α-hetero) is 1. The lowest BCUT2D eigenvalue weighted by Gasteiger charge is -2.34. The van der Waals surface area contributed by atoms with Crippen LogP contribution in [-0.2, 0) is 9.53 Å². The van der Waals surface area contributed by atoms with Gasteiger partial charge in [0.1, 0.15) is 11.9 Å². The van der Waals surface area contributed by atoms with Crippen molar-refractivity contribution in [3.05, 3.63) is 33.3 Å². The number of hydrogen-bond donors (Lipinski definition) is 0. The molecule has 0 aromatic heterocycles. The van der Waals surface area contributed by atoms with Crippen LogP contribution in [0, 0.1) is 10.1 Å². The van der Waals surface area contributed by atoms with Gasteiger partial charge in [0, 0.05) is 19.1 Å². The Labute approximate surface area is 120 Å². The summed E-state index contributed by atoms with van der Waals surface area (Å²) in [6.07, 6.45) is -0.0135. The Kier molecular flexibility index (Phi) is 4.57. The van der Waals surface area contributed by atoms with Crippen molar-refractivity contribution in [2.24, 2.45) is 0 Å². The number of nitro groups is 1. The van der Waals surface area contributed by atoms with E-state index in [0.29, 0.717) is 6.61 Å². The minimum Gasteiger partial charge on any atom is -0.485 e. The normalized spacial score (nSPS) is 21.4. The maximum atomic E-state index is 11.5. The van der Waals surface area contributed by atoms with Crippen LogP contribution in [0.3, 0.4) is 0 Å². The van der Waals surface area contributed by atoms with E-state index in [-0.39, 0.29) is 28.7 Å². The molecule has 0 saturated heterocycles. The molecule has 1 aromatic carbocycles. The summed E-state index contributed by atoms with van der Waals surface area (Å²) in [5.74, 6) is 0.175. The maximum absolute atomic E-state index is 11.5. The third kappa shape index (κ3) is 3.08. The zero-order valence-corrected chi connectivity index (χ0v) is 11.6. The molecule has 2 atom stereocenters. The Morgan fingerprint density at radius 1 is 1.50 bits per heavy atom. The molecule has 20 heavy (non-hydrogen) atoms. The molecule has 2 unspecified atom stereocenters. The molecule has 0 heterocycles. The van der Waals surface area contributed by atoms with Gasteiger partial charge in [0.05, 0.1) is 16.0 Å². The van der Waals surface area contributed by atoms with Gasteiger partial charge in [-0.25, -0.2) is 0 Å². The fraction of sp³-hybridized carbons (Fsp3) is 0.462. The van der Waals surface area contributed by atoms with Crippen molar-refractivity contribution in [3.8, 4) is 5.75 Å². The van der Waals surface area contributed by atoms with Gasteiger partial charge < -0.3 is 9.47 Å². The van der Waals surface area contributed by atoms with E-state index in [0.717, 1.165) is 6.42 Å². The van der Waals surface area contributed by atoms with Crippen LogP contribution in [0.2, 0.25) is 5.02 Å². The average molecular weight is 300 g/mol. The van der Waals surface area contributed by atoms with Crippen molar-refractivity contribution in [3.63, 3.8) is 0 Å². The number of benzene rings is 1. The van der Waals surface area contributed by atoms with E-state index < -0.39 is 17.1 Å². The van der Waals surface area contributed by atoms with Gasteiger partial charge in [0.2, 0.25) is 0 Å². The van der Waals surface area contributed by atoms with Gasteiger partial charge in [-0.3, -0.25) is 14.9 Å². The average Bonchev–Trinajstić information content (AvgIpc) is 2.40. The van der Waals surface area contributed by atoms with Crippen LogP contribution >= 0.6 is 11.6 Å². The number of nitrogens with zero attached hydrogens (tertiary/aromatic N) is 1. The molecule has 0 N–H and O–H groups in total. The lowest BCUT2D eigenvalue weighted by atomic mass is 9.90. The lowest BCUT2D eigenvalue weighted by molar-refractivity contribution is -0.385. The van der Waals surface area contributed by atoms with Crippen LogP contribution in [0.4, 0.5) is 5.69 Å². The highest BCUT2D eigenvalue weighted by Gasteiger charge is 2.43. The fourth-order valence-corrected chi connectivity index (χ4v) is 2.04. The van der Waals surface area contributed by atoms with E-state index in [1.165, 1.54) is 18.2 Å². The maximum Gasteiger partial charge on any atom is 0.273 e. The van der Waals surface area contributed by atoms with E-state index >= 15 is 0 Å². The fourth-order valence-electron chi connectivity index (χ4n) is 1.88. The lowest BCUT2D eigenvalue weighted by Crippen LogP contribution is -2.52. The van der Waals surface area contributed by atoms with Gasteiger partial charge in [-0.1, -0.05) is 18.5 Å². The molecule has 0 aliphatic heterocycles. The van der Waals surface area contributed by atoms with E-state index in [2.05, 4.69) is 0 Å². The van der Waals surface area contributed by atoms with Crippen LogP contribution in [0.1, 0.15) is 19.8 Å². The predicted molar refractivity (Wildman–Crippen MR) is 72.2 cm³/mol. The van der Waals surface area contributed by atoms with E-state index in [1.54, 1.807) is 0 Å². The summed E-state index contributed by atoms with van der Waals surface area (Å²) in [6.45, 7) is 2.41. The second-order valence-electron chi connectivity index (χ2n) is 4.49. The van der Waals surface area contributed by atoms with E-state index in [4.69, 9.17) is 21.1 Å². The smallest absolute Gasteiger partial charge is 0.273 e. The number of carbonyl (C=O) groups is 1. The molecule has 0 spiro atoms. The molecule has 1 fully saturated rings. The number of ether oxygens (including phenoxy) is 2. The van der Waals surface area contributed by atoms with Gasteiger partial charge in [-0.2, -0.15) is 0 Å². The summed E-state index contributed by atoms with van der Waals surface area (Å²) in [4.78, 5) is 21.6. The van der Waals surface area contributed by atoms with E-state index in [9.17, 15) is 14.9 Å². The number of non-ortho nitro benzene ring substituents is 1. The molecule has 1 aliphatic rings. The number of rotatable bonds is 6. The molecule has 6 nitrogen and oxygen atoms in total. The van der Waals surface area contributed by atoms with Crippen molar-refractivity contribution in [1.29, 1.82) is 0 Å². The first-order chi connectivity index (χ1) is 9.52. The standard InChI is InChI=1S/C13H14ClNO5/c1-2-5-19-13-10(16)7-12(13)20-11-6-8(15(17)18)3-4-9(11)14/h3-4,6,12-13H,2,5,7H2,1H3.